The van der Waals surface area contributed by atoms with Crippen molar-refractivity contribution in [1.29, 1.82) is 0 Å². The number of methoxy groups -OCH3 is 1. The Hall–Kier alpha value is -2.33. The third-order valence-electron chi connectivity index (χ3n) is 5.88. The average molecular weight is 504 g/mol. The van der Waals surface area contributed by atoms with Crippen LogP contribution >= 0.6 is 11.3 Å². The highest BCUT2D eigenvalue weighted by atomic mass is 32.1. The molecule has 1 aliphatic carbocycles. The molecule has 0 aliphatic heterocycles. The molecule has 0 spiro atoms. The van der Waals surface area contributed by atoms with Crippen LogP contribution in [0.5, 0.6) is 0 Å². The first-order valence-electron chi connectivity index (χ1n) is 12.5. The molecule has 1 aliphatic rings. The first-order valence-corrected chi connectivity index (χ1v) is 13.3. The van der Waals surface area contributed by atoms with Crippen LogP contribution < -0.4 is 4.90 Å². The molecule has 1 fully saturated rings. The predicted octanol–water partition coefficient (Wildman–Crippen LogP) is 6.21. The molecule has 6 nitrogen and oxygen atoms in total. The van der Waals surface area contributed by atoms with Crippen LogP contribution in [0.4, 0.5) is 5.69 Å². The van der Waals surface area contributed by atoms with Crippen molar-refractivity contribution in [1.82, 2.24) is 0 Å². The minimum atomic E-state index is -0.859. The second-order valence-electron chi connectivity index (χ2n) is 11.4. The molecule has 2 rings (SSSR count). The van der Waals surface area contributed by atoms with Crippen LogP contribution in [0.25, 0.3) is 0 Å². The van der Waals surface area contributed by atoms with Gasteiger partial charge in [-0.25, -0.2) is 9.59 Å². The zero-order valence-electron chi connectivity index (χ0n) is 22.7. The Kier molecular flexibility index (Phi) is 9.58. The van der Waals surface area contributed by atoms with E-state index in [4.69, 9.17) is 9.47 Å². The van der Waals surface area contributed by atoms with Gasteiger partial charge in [-0.2, -0.15) is 0 Å². The molecule has 1 amide bonds. The predicted molar refractivity (Wildman–Crippen MR) is 141 cm³/mol. The molecular weight excluding hydrogens is 462 g/mol. The molecule has 0 saturated heterocycles. The maximum absolute atomic E-state index is 14.0. The first-order chi connectivity index (χ1) is 16.2. The number of hydrogen-bond acceptors (Lipinski definition) is 6. The Balaban J connectivity index is 2.64. The maximum Gasteiger partial charge on any atom is 0.350 e. The van der Waals surface area contributed by atoms with Crippen LogP contribution in [0.1, 0.15) is 102 Å². The van der Waals surface area contributed by atoms with Gasteiger partial charge in [-0.3, -0.25) is 9.69 Å². The molecule has 0 radical (unpaired) electrons. The van der Waals surface area contributed by atoms with E-state index in [9.17, 15) is 14.4 Å². The van der Waals surface area contributed by atoms with Crippen LogP contribution in [0.3, 0.4) is 0 Å². The van der Waals surface area contributed by atoms with Gasteiger partial charge in [-0.1, -0.05) is 25.7 Å². The van der Waals surface area contributed by atoms with Crippen LogP contribution in [-0.2, 0) is 19.1 Å². The topological polar surface area (TPSA) is 72.9 Å². The minimum Gasteiger partial charge on any atom is -0.465 e. The summed E-state index contributed by atoms with van der Waals surface area (Å²) < 4.78 is 10.7. The zero-order valence-corrected chi connectivity index (χ0v) is 23.6. The van der Waals surface area contributed by atoms with Gasteiger partial charge in [-0.05, 0) is 85.6 Å². The largest absolute Gasteiger partial charge is 0.465 e. The summed E-state index contributed by atoms with van der Waals surface area (Å²) in [4.78, 5) is 42.5. The lowest BCUT2D eigenvalue weighted by Crippen LogP contribution is -2.50. The molecule has 0 bridgehead atoms. The molecule has 0 unspecified atom stereocenters. The molecule has 1 aromatic rings. The highest BCUT2D eigenvalue weighted by Gasteiger charge is 2.39. The van der Waals surface area contributed by atoms with Crippen molar-refractivity contribution in [3.8, 4) is 11.8 Å². The van der Waals surface area contributed by atoms with E-state index in [1.807, 2.05) is 27.7 Å². The van der Waals surface area contributed by atoms with E-state index in [0.717, 1.165) is 25.7 Å². The smallest absolute Gasteiger partial charge is 0.350 e. The Bertz CT molecular complexity index is 978. The van der Waals surface area contributed by atoms with Crippen molar-refractivity contribution in [2.75, 3.05) is 12.0 Å². The summed E-state index contributed by atoms with van der Waals surface area (Å²) >= 11 is 1.18. The van der Waals surface area contributed by atoms with E-state index in [0.29, 0.717) is 22.9 Å². The highest BCUT2D eigenvalue weighted by molar-refractivity contribution is 7.15. The van der Waals surface area contributed by atoms with Crippen molar-refractivity contribution < 1.29 is 23.9 Å². The lowest BCUT2D eigenvalue weighted by molar-refractivity contribution is -0.157. The van der Waals surface area contributed by atoms with Gasteiger partial charge in [0.05, 0.1) is 17.7 Å². The molecule has 0 aromatic carbocycles. The SMILES string of the molecule is CC[C@@H](C(=O)OC(C)(C)C)N(C(=O)C1CCC(C)CC1)c1cc(C#CC(C)(C)C)sc1C(=O)OC. The maximum atomic E-state index is 14.0. The number of esters is 2. The molecule has 1 saturated carbocycles. The van der Waals surface area contributed by atoms with E-state index in [2.05, 4.69) is 18.8 Å². The first kappa shape index (κ1) is 28.9. The molecule has 1 atom stereocenters. The summed E-state index contributed by atoms with van der Waals surface area (Å²) in [5, 5.41) is 0. The lowest BCUT2D eigenvalue weighted by atomic mass is 9.82. The Morgan fingerprint density at radius 2 is 1.71 bits per heavy atom. The van der Waals surface area contributed by atoms with Gasteiger partial charge < -0.3 is 9.47 Å². The van der Waals surface area contributed by atoms with Crippen molar-refractivity contribution >= 4 is 34.9 Å². The van der Waals surface area contributed by atoms with Crippen molar-refractivity contribution in [3.63, 3.8) is 0 Å². The molecule has 7 heteroatoms. The second kappa shape index (κ2) is 11.6. The van der Waals surface area contributed by atoms with Crippen LogP contribution in [-0.4, -0.2) is 36.6 Å². The van der Waals surface area contributed by atoms with E-state index in [1.54, 1.807) is 26.8 Å². The van der Waals surface area contributed by atoms with Gasteiger partial charge in [0.2, 0.25) is 5.91 Å². The standard InChI is InChI=1S/C28H41NO5S/c1-10-21(25(31)34-28(6,7)8)29(24(30)19-13-11-18(2)12-14-19)22-17-20(15-16-27(3,4)5)35-23(22)26(32)33-9/h17-19,21H,10-14H2,1-9H3/t18?,19?,21-/m0/s1. The summed E-state index contributed by atoms with van der Waals surface area (Å²) in [6.07, 6.45) is 3.79. The lowest BCUT2D eigenvalue weighted by Gasteiger charge is -2.36. The number of hydrogen-bond donors (Lipinski definition) is 0. The summed E-state index contributed by atoms with van der Waals surface area (Å²) in [6, 6.07) is 0.883. The molecule has 194 valence electrons. The fraction of sp³-hybridized carbons (Fsp3) is 0.679. The number of anilines is 1. The van der Waals surface area contributed by atoms with Gasteiger partial charge in [0, 0.05) is 11.3 Å². The van der Waals surface area contributed by atoms with Crippen molar-refractivity contribution in [2.45, 2.75) is 99.1 Å². The summed E-state index contributed by atoms with van der Waals surface area (Å²) in [5.74, 6) is 5.50. The van der Waals surface area contributed by atoms with E-state index in [1.165, 1.54) is 23.3 Å². The number of nitrogens with zero attached hydrogens (tertiary/aromatic N) is 1. The minimum absolute atomic E-state index is 0.145. The van der Waals surface area contributed by atoms with Gasteiger partial charge in [0.1, 0.15) is 16.5 Å². The van der Waals surface area contributed by atoms with E-state index >= 15 is 0 Å². The number of rotatable bonds is 6. The summed E-state index contributed by atoms with van der Waals surface area (Å²) in [7, 11) is 1.31. The average Bonchev–Trinajstić information content (AvgIpc) is 3.17. The third-order valence-corrected chi connectivity index (χ3v) is 6.90. The van der Waals surface area contributed by atoms with Gasteiger partial charge >= 0.3 is 11.9 Å². The van der Waals surface area contributed by atoms with E-state index in [-0.39, 0.29) is 22.1 Å². The van der Waals surface area contributed by atoms with Crippen molar-refractivity contribution in [3.05, 3.63) is 15.8 Å². The fourth-order valence-corrected chi connectivity index (χ4v) is 5.00. The number of ether oxygens (including phenoxy) is 2. The molecular formula is C28H41NO5S. The van der Waals surface area contributed by atoms with Gasteiger partial charge in [0.15, 0.2) is 0 Å². The molecule has 1 aromatic heterocycles. The Labute approximate surface area is 214 Å². The number of thiophene rings is 1. The Morgan fingerprint density at radius 3 is 2.20 bits per heavy atom. The second-order valence-corrected chi connectivity index (χ2v) is 12.5. The van der Waals surface area contributed by atoms with Crippen molar-refractivity contribution in [2.24, 2.45) is 17.3 Å². The monoisotopic (exact) mass is 503 g/mol. The Morgan fingerprint density at radius 1 is 1.11 bits per heavy atom. The number of carbonyl (C=O) groups excluding carboxylic acids is 3. The summed E-state index contributed by atoms with van der Waals surface area (Å²) in [5.41, 5.74) is -0.559. The quantitative estimate of drug-likeness (QED) is 0.341. The molecule has 0 N–H and O–H groups in total. The van der Waals surface area contributed by atoms with Crippen LogP contribution in [0.2, 0.25) is 0 Å². The van der Waals surface area contributed by atoms with Crippen LogP contribution in [0, 0.1) is 29.1 Å². The number of carbonyl (C=O) groups is 3. The van der Waals surface area contributed by atoms with Crippen LogP contribution in [0.15, 0.2) is 6.07 Å². The van der Waals surface area contributed by atoms with Gasteiger partial charge in [-0.15, -0.1) is 11.3 Å². The normalized spacial score (nSPS) is 19.2. The third kappa shape index (κ3) is 8.10. The summed E-state index contributed by atoms with van der Waals surface area (Å²) in [6.45, 7) is 15.5. The van der Waals surface area contributed by atoms with Gasteiger partial charge in [0.25, 0.3) is 0 Å². The highest BCUT2D eigenvalue weighted by Crippen LogP contribution is 2.37. The molecule has 1 heterocycles. The van der Waals surface area contributed by atoms with E-state index < -0.39 is 23.6 Å². The fourth-order valence-electron chi connectivity index (χ4n) is 4.08. The number of amides is 1. The zero-order chi connectivity index (χ0) is 26.6. The molecule has 35 heavy (non-hydrogen) atoms.